The van der Waals surface area contributed by atoms with Crippen LogP contribution in [0.5, 0.6) is 5.88 Å². The molecular formula is C10H14N2OS. The Hall–Kier alpha value is -0.900. The number of rotatable bonds is 1. The van der Waals surface area contributed by atoms with Gasteiger partial charge in [0, 0.05) is 17.4 Å². The number of thioether (sulfide) groups is 1. The summed E-state index contributed by atoms with van der Waals surface area (Å²) in [4.78, 5) is 4.41. The van der Waals surface area contributed by atoms with Gasteiger partial charge in [0.05, 0.1) is 12.8 Å². The molecule has 0 unspecified atom stereocenters. The summed E-state index contributed by atoms with van der Waals surface area (Å²) < 4.78 is 5.30. The standard InChI is InChI=1S/C10H14N2OS/c1-10(2)6-11-7-4-5-8(13-3)12-9(7)14-10/h4-5,11H,6H2,1-3H3. The number of hydrogen-bond donors (Lipinski definition) is 1. The van der Waals surface area contributed by atoms with Crippen molar-refractivity contribution >= 4 is 17.4 Å². The number of pyridine rings is 1. The Kier molecular flexibility index (Phi) is 2.31. The molecule has 0 amide bonds. The monoisotopic (exact) mass is 210 g/mol. The minimum Gasteiger partial charge on any atom is -0.481 e. The van der Waals surface area contributed by atoms with E-state index in [2.05, 4.69) is 24.1 Å². The maximum Gasteiger partial charge on any atom is 0.214 e. The van der Waals surface area contributed by atoms with Gasteiger partial charge in [0.2, 0.25) is 5.88 Å². The summed E-state index contributed by atoms with van der Waals surface area (Å²) in [7, 11) is 1.64. The van der Waals surface area contributed by atoms with Crippen molar-refractivity contribution in [3.63, 3.8) is 0 Å². The lowest BCUT2D eigenvalue weighted by Crippen LogP contribution is -2.30. The fourth-order valence-corrected chi connectivity index (χ4v) is 2.41. The second-order valence-electron chi connectivity index (χ2n) is 3.92. The van der Waals surface area contributed by atoms with Crippen LogP contribution < -0.4 is 10.1 Å². The van der Waals surface area contributed by atoms with Crippen molar-refractivity contribution in [2.75, 3.05) is 19.0 Å². The molecule has 2 heterocycles. The van der Waals surface area contributed by atoms with Crippen molar-refractivity contribution in [3.8, 4) is 5.88 Å². The Morgan fingerprint density at radius 3 is 3.00 bits per heavy atom. The van der Waals surface area contributed by atoms with Gasteiger partial charge in [-0.15, -0.1) is 0 Å². The molecule has 2 rings (SSSR count). The third-order valence-electron chi connectivity index (χ3n) is 2.12. The quantitative estimate of drug-likeness (QED) is 0.771. The molecule has 0 aromatic carbocycles. The van der Waals surface area contributed by atoms with Gasteiger partial charge >= 0.3 is 0 Å². The summed E-state index contributed by atoms with van der Waals surface area (Å²) >= 11 is 1.79. The molecule has 0 saturated carbocycles. The van der Waals surface area contributed by atoms with Crippen molar-refractivity contribution in [1.29, 1.82) is 0 Å². The van der Waals surface area contributed by atoms with Crippen LogP contribution in [0.15, 0.2) is 17.2 Å². The highest BCUT2D eigenvalue weighted by Crippen LogP contribution is 2.40. The van der Waals surface area contributed by atoms with Crippen molar-refractivity contribution in [2.24, 2.45) is 0 Å². The van der Waals surface area contributed by atoms with E-state index in [-0.39, 0.29) is 4.75 Å². The van der Waals surface area contributed by atoms with Gasteiger partial charge in [0.1, 0.15) is 5.03 Å². The molecule has 3 nitrogen and oxygen atoms in total. The SMILES string of the molecule is COc1ccc2c(n1)SC(C)(C)CN2. The van der Waals surface area contributed by atoms with Crippen molar-refractivity contribution in [2.45, 2.75) is 23.6 Å². The average molecular weight is 210 g/mol. The summed E-state index contributed by atoms with van der Waals surface area (Å²) in [5.74, 6) is 0.677. The molecule has 0 fully saturated rings. The van der Waals surface area contributed by atoms with Gasteiger partial charge in [-0.1, -0.05) is 11.8 Å². The van der Waals surface area contributed by atoms with Crippen LogP contribution in [0.25, 0.3) is 0 Å². The third-order valence-corrected chi connectivity index (χ3v) is 3.32. The Labute approximate surface area is 88.3 Å². The zero-order chi connectivity index (χ0) is 10.2. The maximum absolute atomic E-state index is 5.10. The molecule has 0 atom stereocenters. The van der Waals surface area contributed by atoms with E-state index in [0.29, 0.717) is 5.88 Å². The van der Waals surface area contributed by atoms with Crippen LogP contribution in [0.4, 0.5) is 5.69 Å². The highest BCUT2D eigenvalue weighted by Gasteiger charge is 2.26. The van der Waals surface area contributed by atoms with Crippen LogP contribution in [0.1, 0.15) is 13.8 Å². The Morgan fingerprint density at radius 1 is 1.50 bits per heavy atom. The van der Waals surface area contributed by atoms with Crippen LogP contribution in [-0.4, -0.2) is 23.4 Å². The van der Waals surface area contributed by atoms with Crippen molar-refractivity contribution in [3.05, 3.63) is 12.1 Å². The minimum absolute atomic E-state index is 0.201. The predicted octanol–water partition coefficient (Wildman–Crippen LogP) is 2.39. The van der Waals surface area contributed by atoms with Crippen LogP contribution in [0.3, 0.4) is 0 Å². The van der Waals surface area contributed by atoms with E-state index < -0.39 is 0 Å². The van der Waals surface area contributed by atoms with E-state index in [9.17, 15) is 0 Å². The van der Waals surface area contributed by atoms with Gasteiger partial charge in [0.15, 0.2) is 0 Å². The Bertz CT molecular complexity index is 352. The molecule has 4 heteroatoms. The van der Waals surface area contributed by atoms with Crippen LogP contribution in [0.2, 0.25) is 0 Å². The lowest BCUT2D eigenvalue weighted by molar-refractivity contribution is 0.394. The molecule has 1 N–H and O–H groups in total. The maximum atomic E-state index is 5.10. The molecule has 76 valence electrons. The molecule has 1 aliphatic heterocycles. The predicted molar refractivity (Wildman–Crippen MR) is 59.2 cm³/mol. The minimum atomic E-state index is 0.201. The smallest absolute Gasteiger partial charge is 0.214 e. The first-order chi connectivity index (χ1) is 6.61. The van der Waals surface area contributed by atoms with Crippen LogP contribution in [0, 0.1) is 0 Å². The normalized spacial score (nSPS) is 18.2. The Morgan fingerprint density at radius 2 is 2.29 bits per heavy atom. The van der Waals surface area contributed by atoms with Crippen molar-refractivity contribution in [1.82, 2.24) is 4.98 Å². The molecule has 14 heavy (non-hydrogen) atoms. The Balaban J connectivity index is 2.34. The fourth-order valence-electron chi connectivity index (χ4n) is 1.36. The zero-order valence-electron chi connectivity index (χ0n) is 8.63. The summed E-state index contributed by atoms with van der Waals surface area (Å²) in [5.41, 5.74) is 1.11. The molecule has 0 aliphatic carbocycles. The van der Waals surface area contributed by atoms with Crippen molar-refractivity contribution < 1.29 is 4.74 Å². The molecule has 0 spiro atoms. The number of hydrogen-bond acceptors (Lipinski definition) is 4. The summed E-state index contributed by atoms with van der Waals surface area (Å²) in [6, 6.07) is 3.90. The second kappa shape index (κ2) is 3.35. The third kappa shape index (κ3) is 1.80. The van der Waals surface area contributed by atoms with E-state index in [0.717, 1.165) is 17.3 Å². The van der Waals surface area contributed by atoms with Gasteiger partial charge in [-0.25, -0.2) is 4.98 Å². The van der Waals surface area contributed by atoms with Gasteiger partial charge in [-0.2, -0.15) is 0 Å². The summed E-state index contributed by atoms with van der Waals surface area (Å²) in [5, 5.41) is 4.39. The molecule has 1 aliphatic rings. The topological polar surface area (TPSA) is 34.1 Å². The number of nitrogens with one attached hydrogen (secondary N) is 1. The van der Waals surface area contributed by atoms with Crippen LogP contribution in [-0.2, 0) is 0 Å². The lowest BCUT2D eigenvalue weighted by atomic mass is 10.2. The highest BCUT2D eigenvalue weighted by atomic mass is 32.2. The molecular weight excluding hydrogens is 196 g/mol. The van der Waals surface area contributed by atoms with E-state index in [1.165, 1.54) is 0 Å². The first-order valence-corrected chi connectivity index (χ1v) is 5.40. The first-order valence-electron chi connectivity index (χ1n) is 4.59. The van der Waals surface area contributed by atoms with E-state index in [4.69, 9.17) is 4.74 Å². The second-order valence-corrected chi connectivity index (χ2v) is 5.62. The molecule has 0 bridgehead atoms. The van der Waals surface area contributed by atoms with Gasteiger partial charge < -0.3 is 10.1 Å². The average Bonchev–Trinajstić information content (AvgIpc) is 2.15. The number of anilines is 1. The van der Waals surface area contributed by atoms with Gasteiger partial charge in [-0.05, 0) is 19.9 Å². The first kappa shape index (κ1) is 9.65. The lowest BCUT2D eigenvalue weighted by Gasteiger charge is -2.30. The van der Waals surface area contributed by atoms with E-state index >= 15 is 0 Å². The molecule has 1 aromatic heterocycles. The zero-order valence-corrected chi connectivity index (χ0v) is 9.44. The number of ether oxygens (including phenoxy) is 1. The number of methoxy groups -OCH3 is 1. The van der Waals surface area contributed by atoms with Gasteiger partial charge in [-0.3, -0.25) is 0 Å². The number of fused-ring (bicyclic) bond motifs is 1. The van der Waals surface area contributed by atoms with E-state index in [1.54, 1.807) is 18.9 Å². The highest BCUT2D eigenvalue weighted by molar-refractivity contribution is 8.00. The molecule has 1 aromatic rings. The van der Waals surface area contributed by atoms with E-state index in [1.807, 2.05) is 12.1 Å². The summed E-state index contributed by atoms with van der Waals surface area (Å²) in [6.07, 6.45) is 0. The number of nitrogens with zero attached hydrogens (tertiary/aromatic N) is 1. The van der Waals surface area contributed by atoms with Crippen LogP contribution >= 0.6 is 11.8 Å². The number of aromatic nitrogens is 1. The fraction of sp³-hybridized carbons (Fsp3) is 0.500. The molecule has 0 saturated heterocycles. The summed E-state index contributed by atoms with van der Waals surface area (Å²) in [6.45, 7) is 5.38. The molecule has 0 radical (unpaired) electrons. The largest absolute Gasteiger partial charge is 0.481 e. The van der Waals surface area contributed by atoms with Gasteiger partial charge in [0.25, 0.3) is 0 Å².